The zero-order valence-electron chi connectivity index (χ0n) is 12.5. The number of carbonyl (C=O) groups is 1. The first-order valence-corrected chi connectivity index (χ1v) is 7.96. The highest BCUT2D eigenvalue weighted by Crippen LogP contribution is 2.29. The van der Waals surface area contributed by atoms with E-state index in [4.69, 9.17) is 0 Å². The summed E-state index contributed by atoms with van der Waals surface area (Å²) in [5.74, 6) is 0.137. The molecule has 4 nitrogen and oxygen atoms in total. The molecule has 5 heteroatoms. The van der Waals surface area contributed by atoms with Gasteiger partial charge in [0.2, 0.25) is 0 Å². The lowest BCUT2D eigenvalue weighted by atomic mass is 10.1. The van der Waals surface area contributed by atoms with Crippen molar-refractivity contribution >= 4 is 23.5 Å². The molecule has 0 amide bonds. The van der Waals surface area contributed by atoms with Crippen LogP contribution in [-0.4, -0.2) is 39.6 Å². The van der Waals surface area contributed by atoms with Crippen molar-refractivity contribution in [2.75, 3.05) is 18.0 Å². The highest BCUT2D eigenvalue weighted by molar-refractivity contribution is 8.00. The minimum atomic E-state index is -0.886. The first kappa shape index (κ1) is 15.2. The Labute approximate surface area is 124 Å². The molecule has 2 rings (SSSR count). The van der Waals surface area contributed by atoms with Crippen LogP contribution >= 0.6 is 11.8 Å². The summed E-state index contributed by atoms with van der Waals surface area (Å²) in [6.45, 7) is 10.3. The van der Waals surface area contributed by atoms with E-state index in [0.717, 1.165) is 24.6 Å². The van der Waals surface area contributed by atoms with Crippen LogP contribution in [0, 0.1) is 0 Å². The molecule has 1 aromatic rings. The van der Waals surface area contributed by atoms with Gasteiger partial charge in [0, 0.05) is 29.3 Å². The fourth-order valence-corrected chi connectivity index (χ4v) is 3.81. The maximum atomic E-state index is 11.3. The number of nitrogens with zero attached hydrogens (tertiary/aromatic N) is 2. The van der Waals surface area contributed by atoms with E-state index in [1.54, 1.807) is 12.1 Å². The summed E-state index contributed by atoms with van der Waals surface area (Å²) >= 11 is 1.97. The zero-order valence-corrected chi connectivity index (χ0v) is 13.3. The molecule has 1 aliphatic heterocycles. The fraction of sp³-hybridized carbons (Fsp3) is 0.600. The van der Waals surface area contributed by atoms with E-state index in [9.17, 15) is 9.90 Å². The van der Waals surface area contributed by atoms with Crippen LogP contribution in [0.3, 0.4) is 0 Å². The normalized spacial score (nSPS) is 23.1. The molecule has 1 saturated heterocycles. The van der Waals surface area contributed by atoms with E-state index in [0.29, 0.717) is 16.1 Å². The van der Waals surface area contributed by atoms with Gasteiger partial charge in [0.05, 0.1) is 5.56 Å². The van der Waals surface area contributed by atoms with E-state index in [-0.39, 0.29) is 5.92 Å². The third kappa shape index (κ3) is 3.45. The van der Waals surface area contributed by atoms with Crippen molar-refractivity contribution in [2.24, 2.45) is 0 Å². The second-order valence-corrected chi connectivity index (χ2v) is 7.64. The number of hydrogen-bond donors (Lipinski definition) is 1. The molecule has 0 spiro atoms. The number of carboxylic acids is 1. The summed E-state index contributed by atoms with van der Waals surface area (Å²) in [5.41, 5.74) is 1.18. The lowest BCUT2D eigenvalue weighted by Crippen LogP contribution is -2.41. The summed E-state index contributed by atoms with van der Waals surface area (Å²) in [6, 6.07) is 3.38. The van der Waals surface area contributed by atoms with E-state index >= 15 is 0 Å². The van der Waals surface area contributed by atoms with Crippen molar-refractivity contribution in [3.63, 3.8) is 0 Å². The first-order valence-electron chi connectivity index (χ1n) is 7.02. The summed E-state index contributed by atoms with van der Waals surface area (Å²) in [5, 5.41) is 10.3. The summed E-state index contributed by atoms with van der Waals surface area (Å²) in [7, 11) is 0. The van der Waals surface area contributed by atoms with E-state index in [1.807, 2.05) is 25.6 Å². The average molecular weight is 294 g/mol. The van der Waals surface area contributed by atoms with E-state index < -0.39 is 5.97 Å². The van der Waals surface area contributed by atoms with Crippen LogP contribution in [0.4, 0.5) is 5.82 Å². The smallest absolute Gasteiger partial charge is 0.335 e. The number of thioether (sulfide) groups is 1. The van der Waals surface area contributed by atoms with Gasteiger partial charge in [-0.2, -0.15) is 11.8 Å². The molecular formula is C15H22N2O2S. The van der Waals surface area contributed by atoms with Crippen LogP contribution < -0.4 is 4.90 Å². The monoisotopic (exact) mass is 294 g/mol. The third-order valence-corrected chi connectivity index (χ3v) is 4.64. The van der Waals surface area contributed by atoms with E-state index in [1.165, 1.54) is 0 Å². The number of anilines is 1. The zero-order chi connectivity index (χ0) is 14.9. The highest BCUT2D eigenvalue weighted by atomic mass is 32.2. The van der Waals surface area contributed by atoms with E-state index in [2.05, 4.69) is 23.7 Å². The summed E-state index contributed by atoms with van der Waals surface area (Å²) < 4.78 is 0. The predicted octanol–water partition coefficient (Wildman–Crippen LogP) is 3.23. The number of pyridine rings is 1. The van der Waals surface area contributed by atoms with Crippen molar-refractivity contribution in [1.29, 1.82) is 0 Å². The van der Waals surface area contributed by atoms with Gasteiger partial charge in [0.25, 0.3) is 0 Å². The van der Waals surface area contributed by atoms with Gasteiger partial charge in [-0.05, 0) is 18.1 Å². The molecule has 0 aromatic carbocycles. The van der Waals surface area contributed by atoms with Gasteiger partial charge in [0.1, 0.15) is 5.82 Å². The van der Waals surface area contributed by atoms with Crippen LogP contribution in [0.5, 0.6) is 0 Å². The molecule has 20 heavy (non-hydrogen) atoms. The molecule has 1 fully saturated rings. The van der Waals surface area contributed by atoms with Gasteiger partial charge in [0.15, 0.2) is 0 Å². The van der Waals surface area contributed by atoms with Crippen molar-refractivity contribution in [3.05, 3.63) is 23.4 Å². The predicted molar refractivity (Wildman–Crippen MR) is 84.0 cm³/mol. The lowest BCUT2D eigenvalue weighted by molar-refractivity contribution is 0.0696. The molecule has 2 unspecified atom stereocenters. The Morgan fingerprint density at radius 1 is 1.35 bits per heavy atom. The largest absolute Gasteiger partial charge is 0.478 e. The minimum Gasteiger partial charge on any atom is -0.478 e. The molecule has 2 atom stereocenters. The molecular weight excluding hydrogens is 272 g/mol. The molecule has 0 radical (unpaired) electrons. The van der Waals surface area contributed by atoms with Crippen molar-refractivity contribution in [1.82, 2.24) is 4.98 Å². The molecule has 2 heterocycles. The number of rotatable bonds is 3. The first-order chi connectivity index (χ1) is 9.36. The second kappa shape index (κ2) is 6.04. The molecule has 0 saturated carbocycles. The third-order valence-electron chi connectivity index (χ3n) is 3.41. The molecule has 1 N–H and O–H groups in total. The van der Waals surface area contributed by atoms with Crippen LogP contribution in [0.15, 0.2) is 12.1 Å². The number of aromatic carboxylic acids is 1. The Bertz CT molecular complexity index is 495. The van der Waals surface area contributed by atoms with Gasteiger partial charge in [-0.25, -0.2) is 9.78 Å². The van der Waals surface area contributed by atoms with Crippen LogP contribution in [0.2, 0.25) is 0 Å². The fourth-order valence-electron chi connectivity index (χ4n) is 2.48. The maximum Gasteiger partial charge on any atom is 0.335 e. The van der Waals surface area contributed by atoms with Crippen molar-refractivity contribution in [2.45, 2.75) is 44.1 Å². The number of aromatic nitrogens is 1. The Morgan fingerprint density at radius 3 is 2.45 bits per heavy atom. The van der Waals surface area contributed by atoms with Crippen LogP contribution in [0.25, 0.3) is 0 Å². The summed E-state index contributed by atoms with van der Waals surface area (Å²) in [6.07, 6.45) is 0. The Kier molecular flexibility index (Phi) is 4.58. The summed E-state index contributed by atoms with van der Waals surface area (Å²) in [4.78, 5) is 18.2. The number of hydrogen-bond acceptors (Lipinski definition) is 4. The maximum absolute atomic E-state index is 11.3. The highest BCUT2D eigenvalue weighted by Gasteiger charge is 2.24. The average Bonchev–Trinajstić information content (AvgIpc) is 2.36. The van der Waals surface area contributed by atoms with Crippen molar-refractivity contribution in [3.8, 4) is 0 Å². The molecule has 0 bridgehead atoms. The van der Waals surface area contributed by atoms with Gasteiger partial charge in [-0.1, -0.05) is 27.7 Å². The quantitative estimate of drug-likeness (QED) is 0.927. The van der Waals surface area contributed by atoms with Gasteiger partial charge < -0.3 is 10.0 Å². The van der Waals surface area contributed by atoms with Crippen LogP contribution in [-0.2, 0) is 0 Å². The lowest BCUT2D eigenvalue weighted by Gasteiger charge is -2.35. The molecule has 1 aliphatic rings. The van der Waals surface area contributed by atoms with Gasteiger partial charge >= 0.3 is 5.97 Å². The van der Waals surface area contributed by atoms with Crippen molar-refractivity contribution < 1.29 is 9.90 Å². The topological polar surface area (TPSA) is 53.4 Å². The van der Waals surface area contributed by atoms with Crippen LogP contribution in [0.1, 0.15) is 49.7 Å². The second-order valence-electron chi connectivity index (χ2n) is 5.76. The Morgan fingerprint density at radius 2 is 1.95 bits per heavy atom. The SMILES string of the molecule is CC1CN(c2cc(C(=O)O)cc(C(C)C)n2)CC(C)S1. The Hall–Kier alpha value is -1.23. The van der Waals surface area contributed by atoms with Gasteiger partial charge in [-0.15, -0.1) is 0 Å². The minimum absolute atomic E-state index is 0.224. The van der Waals surface area contributed by atoms with Gasteiger partial charge in [-0.3, -0.25) is 0 Å². The standard InChI is InChI=1S/C15H22N2O2S/c1-9(2)13-5-12(15(18)19)6-14(16-13)17-7-10(3)20-11(4)8-17/h5-6,9-11H,7-8H2,1-4H3,(H,18,19). The molecule has 110 valence electrons. The Balaban J connectivity index is 2.37. The molecule has 0 aliphatic carbocycles. The molecule has 1 aromatic heterocycles. The number of carboxylic acid groups (broad SMARTS) is 1.